The summed E-state index contributed by atoms with van der Waals surface area (Å²) < 4.78 is 41.6. The number of nitrogens with one attached hydrogen (secondary N) is 1. The van der Waals surface area contributed by atoms with Gasteiger partial charge in [-0.3, -0.25) is 9.48 Å². The third-order valence-electron chi connectivity index (χ3n) is 6.65. The SMILES string of the molecule is CCCc1nn(C)c2c(=O)[nH]c(-c3cc(S(=O)(=O)N(CC)CCN(CC)CCOCCO)ccc3OCC)nc12. The fourth-order valence-corrected chi connectivity index (χ4v) is 6.02. The minimum Gasteiger partial charge on any atom is -0.493 e. The second-order valence-corrected chi connectivity index (χ2v) is 11.2. The van der Waals surface area contributed by atoms with Gasteiger partial charge in [0, 0.05) is 33.2 Å². The van der Waals surface area contributed by atoms with Crippen molar-refractivity contribution in [3.8, 4) is 17.1 Å². The van der Waals surface area contributed by atoms with Gasteiger partial charge in [0.1, 0.15) is 17.1 Å². The number of fused-ring (bicyclic) bond motifs is 1. The summed E-state index contributed by atoms with van der Waals surface area (Å²) in [4.78, 5) is 22.8. The molecule has 0 aliphatic carbocycles. The number of H-pyrrole nitrogens is 1. The summed E-state index contributed by atoms with van der Waals surface area (Å²) in [5.41, 5.74) is 1.62. The average Bonchev–Trinajstić information content (AvgIpc) is 3.25. The minimum absolute atomic E-state index is 0.0303. The predicted molar refractivity (Wildman–Crippen MR) is 154 cm³/mol. The minimum atomic E-state index is -3.86. The monoisotopic (exact) mass is 578 g/mol. The van der Waals surface area contributed by atoms with E-state index in [1.165, 1.54) is 21.1 Å². The van der Waals surface area contributed by atoms with Crippen LogP contribution in [0.4, 0.5) is 0 Å². The van der Waals surface area contributed by atoms with Gasteiger partial charge in [0.15, 0.2) is 5.52 Å². The highest BCUT2D eigenvalue weighted by atomic mass is 32.2. The Kier molecular flexibility index (Phi) is 11.6. The van der Waals surface area contributed by atoms with Crippen molar-refractivity contribution in [3.63, 3.8) is 0 Å². The quantitative estimate of drug-likeness (QED) is 0.230. The van der Waals surface area contributed by atoms with E-state index in [0.717, 1.165) is 13.0 Å². The molecule has 40 heavy (non-hydrogen) atoms. The molecule has 0 radical (unpaired) electrons. The van der Waals surface area contributed by atoms with Crippen molar-refractivity contribution in [3.05, 3.63) is 34.2 Å². The summed E-state index contributed by atoms with van der Waals surface area (Å²) in [6, 6.07) is 4.65. The summed E-state index contributed by atoms with van der Waals surface area (Å²) in [5.74, 6) is 0.652. The maximum atomic E-state index is 13.7. The molecule has 0 amide bonds. The van der Waals surface area contributed by atoms with Gasteiger partial charge in [-0.1, -0.05) is 27.2 Å². The van der Waals surface area contributed by atoms with Crippen LogP contribution in [0.1, 0.15) is 39.8 Å². The molecule has 1 aromatic carbocycles. The van der Waals surface area contributed by atoms with Crippen LogP contribution in [0.15, 0.2) is 27.9 Å². The first-order chi connectivity index (χ1) is 19.2. The Bertz CT molecular complexity index is 1420. The Hall–Kier alpha value is -2.84. The van der Waals surface area contributed by atoms with E-state index in [4.69, 9.17) is 19.6 Å². The number of hydrogen-bond donors (Lipinski definition) is 2. The number of aliphatic hydroxyl groups excluding tert-OH is 1. The number of hydrogen-bond acceptors (Lipinski definition) is 9. The molecule has 0 aliphatic rings. The average molecular weight is 579 g/mol. The summed E-state index contributed by atoms with van der Waals surface area (Å²) in [6.45, 7) is 11.2. The molecule has 0 spiro atoms. The van der Waals surface area contributed by atoms with Crippen molar-refractivity contribution in [2.24, 2.45) is 7.05 Å². The van der Waals surface area contributed by atoms with Gasteiger partial charge in [-0.05, 0) is 38.1 Å². The third-order valence-corrected chi connectivity index (χ3v) is 8.62. The fourth-order valence-electron chi connectivity index (χ4n) is 4.55. The highest BCUT2D eigenvalue weighted by molar-refractivity contribution is 7.89. The number of aromatic amines is 1. The third kappa shape index (κ3) is 7.26. The van der Waals surface area contributed by atoms with Gasteiger partial charge < -0.3 is 24.5 Å². The first kappa shape index (κ1) is 31.7. The van der Waals surface area contributed by atoms with E-state index < -0.39 is 10.0 Å². The van der Waals surface area contributed by atoms with Crippen LogP contribution in [-0.2, 0) is 28.2 Å². The molecule has 3 aromatic rings. The van der Waals surface area contributed by atoms with Crippen molar-refractivity contribution >= 4 is 21.1 Å². The Balaban J connectivity index is 1.97. The molecule has 0 atom stereocenters. The summed E-state index contributed by atoms with van der Waals surface area (Å²) in [6.07, 6.45) is 1.50. The first-order valence-electron chi connectivity index (χ1n) is 13.9. The van der Waals surface area contributed by atoms with Crippen molar-refractivity contribution in [1.29, 1.82) is 0 Å². The second-order valence-electron chi connectivity index (χ2n) is 9.29. The molecular weight excluding hydrogens is 536 g/mol. The zero-order valence-corrected chi connectivity index (χ0v) is 25.0. The summed E-state index contributed by atoms with van der Waals surface area (Å²) in [5, 5.41) is 13.4. The molecule has 0 unspecified atom stereocenters. The number of aryl methyl sites for hydroxylation is 2. The lowest BCUT2D eigenvalue weighted by atomic mass is 10.1. The van der Waals surface area contributed by atoms with Crippen molar-refractivity contribution < 1.29 is 23.0 Å². The van der Waals surface area contributed by atoms with Crippen LogP contribution in [0, 0.1) is 0 Å². The molecule has 0 saturated carbocycles. The van der Waals surface area contributed by atoms with E-state index >= 15 is 0 Å². The molecule has 0 fully saturated rings. The molecule has 0 saturated heterocycles. The van der Waals surface area contributed by atoms with Gasteiger partial charge in [-0.15, -0.1) is 0 Å². The molecule has 13 heteroatoms. The van der Waals surface area contributed by atoms with E-state index in [2.05, 4.69) is 15.0 Å². The lowest BCUT2D eigenvalue weighted by molar-refractivity contribution is 0.0739. The Labute approximate surface area is 236 Å². The number of aliphatic hydroxyl groups is 1. The number of benzene rings is 1. The fraction of sp³-hybridized carbons (Fsp3) is 0.593. The van der Waals surface area contributed by atoms with E-state index in [0.29, 0.717) is 73.9 Å². The zero-order valence-electron chi connectivity index (χ0n) is 24.1. The standard InChI is InChI=1S/C27H42N6O6S/c1-6-10-22-24-25(31(5)30-22)27(35)29-26(28-24)21-19-20(11-12-23(21)39-9-4)40(36,37)33(8-3)14-13-32(7-2)15-17-38-18-16-34/h11-12,19,34H,6-10,13-18H2,1-5H3,(H,28,29,35). The Morgan fingerprint density at radius 2 is 1.85 bits per heavy atom. The van der Waals surface area contributed by atoms with Gasteiger partial charge in [-0.25, -0.2) is 13.4 Å². The number of sulfonamides is 1. The molecule has 222 valence electrons. The summed E-state index contributed by atoms with van der Waals surface area (Å²) >= 11 is 0. The van der Waals surface area contributed by atoms with Crippen LogP contribution < -0.4 is 10.3 Å². The topological polar surface area (TPSA) is 143 Å². The van der Waals surface area contributed by atoms with E-state index in [1.807, 2.05) is 20.8 Å². The van der Waals surface area contributed by atoms with E-state index in [9.17, 15) is 13.2 Å². The van der Waals surface area contributed by atoms with Crippen molar-refractivity contribution in [2.45, 2.75) is 45.4 Å². The molecular formula is C27H42N6O6S. The Morgan fingerprint density at radius 3 is 2.50 bits per heavy atom. The molecule has 12 nitrogen and oxygen atoms in total. The first-order valence-corrected chi connectivity index (χ1v) is 15.3. The van der Waals surface area contributed by atoms with Crippen LogP contribution in [0.25, 0.3) is 22.4 Å². The van der Waals surface area contributed by atoms with E-state index in [1.54, 1.807) is 20.0 Å². The molecule has 0 aliphatic heterocycles. The lowest BCUT2D eigenvalue weighted by Gasteiger charge is -2.26. The maximum absolute atomic E-state index is 13.7. The maximum Gasteiger partial charge on any atom is 0.277 e. The summed E-state index contributed by atoms with van der Waals surface area (Å²) in [7, 11) is -2.15. The van der Waals surface area contributed by atoms with Crippen LogP contribution in [0.2, 0.25) is 0 Å². The lowest BCUT2D eigenvalue weighted by Crippen LogP contribution is -2.39. The normalized spacial score (nSPS) is 12.2. The molecule has 2 aromatic heterocycles. The van der Waals surface area contributed by atoms with Gasteiger partial charge in [-0.2, -0.15) is 9.40 Å². The molecule has 2 heterocycles. The molecule has 3 rings (SSSR count). The van der Waals surface area contributed by atoms with E-state index in [-0.39, 0.29) is 29.5 Å². The second kappa shape index (κ2) is 14.7. The largest absolute Gasteiger partial charge is 0.493 e. The molecule has 2 N–H and O–H groups in total. The number of nitrogens with zero attached hydrogens (tertiary/aromatic N) is 5. The highest BCUT2D eigenvalue weighted by Gasteiger charge is 2.26. The van der Waals surface area contributed by atoms with Crippen LogP contribution >= 0.6 is 0 Å². The predicted octanol–water partition coefficient (Wildman–Crippen LogP) is 2.02. The van der Waals surface area contributed by atoms with Crippen LogP contribution in [0.5, 0.6) is 5.75 Å². The smallest absolute Gasteiger partial charge is 0.277 e. The number of likely N-dealkylation sites (N-methyl/N-ethyl adjacent to an activating group) is 2. The van der Waals surface area contributed by atoms with Gasteiger partial charge in [0.05, 0.1) is 42.6 Å². The number of rotatable bonds is 17. The van der Waals surface area contributed by atoms with Crippen molar-refractivity contribution in [2.75, 3.05) is 59.2 Å². The molecule has 0 bridgehead atoms. The number of ether oxygens (including phenoxy) is 2. The van der Waals surface area contributed by atoms with Gasteiger partial charge in [0.2, 0.25) is 10.0 Å². The van der Waals surface area contributed by atoms with Crippen LogP contribution in [-0.4, -0.2) is 102 Å². The zero-order chi connectivity index (χ0) is 29.3. The van der Waals surface area contributed by atoms with Gasteiger partial charge >= 0.3 is 0 Å². The van der Waals surface area contributed by atoms with Crippen LogP contribution in [0.3, 0.4) is 0 Å². The highest BCUT2D eigenvalue weighted by Crippen LogP contribution is 2.32. The number of aromatic nitrogens is 4. The van der Waals surface area contributed by atoms with Gasteiger partial charge in [0.25, 0.3) is 5.56 Å². The van der Waals surface area contributed by atoms with Crippen molar-refractivity contribution in [1.82, 2.24) is 29.0 Å². The Morgan fingerprint density at radius 1 is 1.07 bits per heavy atom.